The molecular weight excluding hydrogens is 320 g/mol. The van der Waals surface area contributed by atoms with Crippen molar-refractivity contribution in [1.29, 1.82) is 0 Å². The molecule has 9 nitrogen and oxygen atoms in total. The van der Waals surface area contributed by atoms with Gasteiger partial charge in [0.1, 0.15) is 0 Å². The van der Waals surface area contributed by atoms with E-state index in [1.165, 1.54) is 45.4 Å². The lowest BCUT2D eigenvalue weighted by Gasteiger charge is -2.19. The molecule has 24 heavy (non-hydrogen) atoms. The normalized spacial score (nSPS) is 9.83. The van der Waals surface area contributed by atoms with E-state index in [0.717, 1.165) is 0 Å². The number of urea groups is 1. The van der Waals surface area contributed by atoms with Crippen molar-refractivity contribution >= 4 is 23.7 Å². The molecule has 0 atom stereocenters. The van der Waals surface area contributed by atoms with Gasteiger partial charge in [-0.1, -0.05) is 0 Å². The summed E-state index contributed by atoms with van der Waals surface area (Å²) < 4.78 is 15.0. The molecule has 0 aliphatic heterocycles. The van der Waals surface area contributed by atoms with E-state index in [9.17, 15) is 14.4 Å². The quantitative estimate of drug-likeness (QED) is 0.722. The molecule has 0 heterocycles. The maximum absolute atomic E-state index is 12.1. The van der Waals surface area contributed by atoms with Crippen LogP contribution in [-0.4, -0.2) is 62.9 Å². The zero-order chi connectivity index (χ0) is 18.3. The fourth-order valence-electron chi connectivity index (χ4n) is 1.84. The van der Waals surface area contributed by atoms with Crippen molar-refractivity contribution in [1.82, 2.24) is 4.90 Å². The molecule has 0 fully saturated rings. The number of carbonyl (C=O) groups is 3. The Kier molecular flexibility index (Phi) is 6.84. The summed E-state index contributed by atoms with van der Waals surface area (Å²) in [6, 6.07) is 2.24. The number of nitrogens with zero attached hydrogens (tertiary/aromatic N) is 1. The van der Waals surface area contributed by atoms with Crippen LogP contribution >= 0.6 is 0 Å². The summed E-state index contributed by atoms with van der Waals surface area (Å²) >= 11 is 0. The first-order valence-electron chi connectivity index (χ1n) is 6.92. The molecule has 1 rings (SSSR count). The summed E-state index contributed by atoms with van der Waals surface area (Å²) in [6.07, 6.45) is -0.195. The number of nitrogens with one attached hydrogen (secondary N) is 1. The third-order valence-electron chi connectivity index (χ3n) is 3.18. The van der Waals surface area contributed by atoms with Crippen molar-refractivity contribution in [2.24, 2.45) is 0 Å². The van der Waals surface area contributed by atoms with E-state index in [-0.39, 0.29) is 24.2 Å². The maximum atomic E-state index is 12.1. The van der Waals surface area contributed by atoms with Crippen LogP contribution in [0.5, 0.6) is 11.5 Å². The SMILES string of the molecule is COC(=O)c1cc(OC)c(OC)cc1NC(=O)N(C)CCC(=O)O. The largest absolute Gasteiger partial charge is 0.493 e. The van der Waals surface area contributed by atoms with Crippen LogP contribution in [0.15, 0.2) is 12.1 Å². The Hall–Kier alpha value is -2.97. The Morgan fingerprint density at radius 3 is 2.21 bits per heavy atom. The van der Waals surface area contributed by atoms with E-state index in [1.54, 1.807) is 0 Å². The second-order valence-corrected chi connectivity index (χ2v) is 4.74. The fourth-order valence-corrected chi connectivity index (χ4v) is 1.84. The van der Waals surface area contributed by atoms with Crippen molar-refractivity contribution in [2.45, 2.75) is 6.42 Å². The lowest BCUT2D eigenvalue weighted by molar-refractivity contribution is -0.137. The molecule has 1 aromatic rings. The van der Waals surface area contributed by atoms with E-state index in [0.29, 0.717) is 11.5 Å². The highest BCUT2D eigenvalue weighted by Crippen LogP contribution is 2.33. The first-order valence-corrected chi connectivity index (χ1v) is 6.92. The number of benzene rings is 1. The highest BCUT2D eigenvalue weighted by atomic mass is 16.5. The highest BCUT2D eigenvalue weighted by molar-refractivity contribution is 6.01. The van der Waals surface area contributed by atoms with Gasteiger partial charge in [-0.05, 0) is 0 Å². The molecule has 0 saturated heterocycles. The highest BCUT2D eigenvalue weighted by Gasteiger charge is 2.20. The number of aliphatic carboxylic acids is 1. The first-order chi connectivity index (χ1) is 11.3. The molecule has 1 aromatic carbocycles. The van der Waals surface area contributed by atoms with Gasteiger partial charge in [0.15, 0.2) is 11.5 Å². The number of amides is 2. The fraction of sp³-hybridized carbons (Fsp3) is 0.400. The number of carboxylic acids is 1. The molecule has 2 N–H and O–H groups in total. The Bertz CT molecular complexity index is 630. The molecule has 0 aromatic heterocycles. The Labute approximate surface area is 139 Å². The summed E-state index contributed by atoms with van der Waals surface area (Å²) in [5, 5.41) is 11.2. The molecule has 9 heteroatoms. The summed E-state index contributed by atoms with van der Waals surface area (Å²) in [5.74, 6) is -1.07. The second kappa shape index (κ2) is 8.61. The molecule has 0 radical (unpaired) electrons. The second-order valence-electron chi connectivity index (χ2n) is 4.74. The zero-order valence-corrected chi connectivity index (χ0v) is 13.9. The van der Waals surface area contributed by atoms with Gasteiger partial charge in [-0.15, -0.1) is 0 Å². The van der Waals surface area contributed by atoms with Crippen LogP contribution in [0.4, 0.5) is 10.5 Å². The van der Waals surface area contributed by atoms with Crippen LogP contribution in [0.25, 0.3) is 0 Å². The molecule has 0 bridgehead atoms. The first kappa shape index (κ1) is 19.1. The predicted molar refractivity (Wildman–Crippen MR) is 84.8 cm³/mol. The van der Waals surface area contributed by atoms with Crippen LogP contribution in [0, 0.1) is 0 Å². The Morgan fingerprint density at radius 2 is 1.71 bits per heavy atom. The van der Waals surface area contributed by atoms with Crippen LogP contribution in [0.2, 0.25) is 0 Å². The van der Waals surface area contributed by atoms with Crippen molar-refractivity contribution in [3.63, 3.8) is 0 Å². The van der Waals surface area contributed by atoms with E-state index >= 15 is 0 Å². The third-order valence-corrected chi connectivity index (χ3v) is 3.18. The smallest absolute Gasteiger partial charge is 0.340 e. The number of hydrogen-bond acceptors (Lipinski definition) is 6. The van der Waals surface area contributed by atoms with Gasteiger partial charge in [0.2, 0.25) is 0 Å². The van der Waals surface area contributed by atoms with Gasteiger partial charge >= 0.3 is 18.0 Å². The van der Waals surface area contributed by atoms with E-state index in [1.807, 2.05) is 0 Å². The number of esters is 1. The molecule has 2 amide bonds. The van der Waals surface area contributed by atoms with Crippen LogP contribution < -0.4 is 14.8 Å². The molecule has 0 spiro atoms. The van der Waals surface area contributed by atoms with E-state index in [2.05, 4.69) is 5.32 Å². The molecule has 0 unspecified atom stereocenters. The number of carboxylic acid groups (broad SMARTS) is 1. The average molecular weight is 340 g/mol. The van der Waals surface area contributed by atoms with Crippen molar-refractivity contribution < 1.29 is 33.7 Å². The van der Waals surface area contributed by atoms with E-state index in [4.69, 9.17) is 19.3 Å². The van der Waals surface area contributed by atoms with Gasteiger partial charge in [0, 0.05) is 25.7 Å². The standard InChI is InChI=1S/C15H20N2O7/c1-17(6-5-13(18)19)15(21)16-10-8-12(23-3)11(22-2)7-9(10)14(20)24-4/h7-8H,5-6H2,1-4H3,(H,16,21)(H,18,19). The number of anilines is 1. The topological polar surface area (TPSA) is 114 Å². The van der Waals surface area contributed by atoms with Crippen molar-refractivity contribution in [2.75, 3.05) is 40.2 Å². The van der Waals surface area contributed by atoms with Crippen LogP contribution in [0.3, 0.4) is 0 Å². The number of hydrogen-bond donors (Lipinski definition) is 2. The average Bonchev–Trinajstić information content (AvgIpc) is 2.58. The number of ether oxygens (including phenoxy) is 3. The third kappa shape index (κ3) is 4.77. The molecule has 0 aliphatic rings. The minimum absolute atomic E-state index is 0.0159. The molecule has 132 valence electrons. The van der Waals surface area contributed by atoms with Crippen LogP contribution in [-0.2, 0) is 9.53 Å². The molecule has 0 saturated carbocycles. The lowest BCUT2D eigenvalue weighted by Crippen LogP contribution is -2.33. The molecular formula is C15H20N2O7. The monoisotopic (exact) mass is 340 g/mol. The van der Waals surface area contributed by atoms with Crippen molar-refractivity contribution in [3.8, 4) is 11.5 Å². The Balaban J connectivity index is 3.09. The lowest BCUT2D eigenvalue weighted by atomic mass is 10.1. The van der Waals surface area contributed by atoms with Gasteiger partial charge < -0.3 is 29.5 Å². The zero-order valence-electron chi connectivity index (χ0n) is 13.9. The Morgan fingerprint density at radius 1 is 1.12 bits per heavy atom. The molecule has 0 aliphatic carbocycles. The number of rotatable bonds is 7. The van der Waals surface area contributed by atoms with Gasteiger partial charge in [-0.2, -0.15) is 0 Å². The summed E-state index contributed by atoms with van der Waals surface area (Å²) in [5.41, 5.74) is 0.238. The summed E-state index contributed by atoms with van der Waals surface area (Å²) in [6.45, 7) is 0.0159. The van der Waals surface area contributed by atoms with Gasteiger partial charge in [0.25, 0.3) is 0 Å². The number of carbonyl (C=O) groups excluding carboxylic acids is 2. The van der Waals surface area contributed by atoms with Gasteiger partial charge in [-0.3, -0.25) is 4.79 Å². The summed E-state index contributed by atoms with van der Waals surface area (Å²) in [7, 11) is 5.48. The van der Waals surface area contributed by atoms with Crippen LogP contribution in [0.1, 0.15) is 16.8 Å². The number of methoxy groups -OCH3 is 3. The predicted octanol–water partition coefficient (Wildman–Crippen LogP) is 1.43. The minimum atomic E-state index is -1.02. The maximum Gasteiger partial charge on any atom is 0.340 e. The van der Waals surface area contributed by atoms with Crippen molar-refractivity contribution in [3.05, 3.63) is 17.7 Å². The van der Waals surface area contributed by atoms with E-state index < -0.39 is 18.0 Å². The summed E-state index contributed by atoms with van der Waals surface area (Å²) in [4.78, 5) is 35.8. The van der Waals surface area contributed by atoms with Gasteiger partial charge in [-0.25, -0.2) is 9.59 Å². The minimum Gasteiger partial charge on any atom is -0.493 e. The van der Waals surface area contributed by atoms with Gasteiger partial charge in [0.05, 0.1) is 39.0 Å².